The number of hydrogen-bond donors (Lipinski definition) is 1. The fourth-order valence-electron chi connectivity index (χ4n) is 2.88. The van der Waals surface area contributed by atoms with Crippen molar-refractivity contribution >= 4 is 36.0 Å². The molecule has 1 heterocycles. The second-order valence-electron chi connectivity index (χ2n) is 6.68. The van der Waals surface area contributed by atoms with Gasteiger partial charge in [-0.3, -0.25) is 14.6 Å². The Morgan fingerprint density at radius 2 is 1.88 bits per heavy atom. The first-order valence-electron chi connectivity index (χ1n) is 10.4. The van der Waals surface area contributed by atoms with Crippen LogP contribution in [0.2, 0.25) is 0 Å². The summed E-state index contributed by atoms with van der Waals surface area (Å²) in [6.07, 6.45) is 6.44. The molecule has 0 unspecified atom stereocenters. The van der Waals surface area contributed by atoms with E-state index in [0.717, 1.165) is 28.4 Å². The van der Waals surface area contributed by atoms with Crippen LogP contribution in [0.1, 0.15) is 30.6 Å². The van der Waals surface area contributed by atoms with Gasteiger partial charge in [-0.15, -0.1) is 0 Å². The summed E-state index contributed by atoms with van der Waals surface area (Å²) in [5, 5.41) is 2.50. The highest BCUT2D eigenvalue weighted by molar-refractivity contribution is 8.00. The largest absolute Gasteiger partial charge is 0.495 e. The maximum Gasteiger partial charge on any atom is 0.211 e. The third-order valence-electron chi connectivity index (χ3n) is 4.54. The summed E-state index contributed by atoms with van der Waals surface area (Å²) in [5.74, 6) is 1.58. The van der Waals surface area contributed by atoms with Crippen molar-refractivity contribution in [2.45, 2.75) is 25.2 Å². The molecular formula is C25H29N3O4S. The molecule has 0 spiro atoms. The van der Waals surface area contributed by atoms with Crippen molar-refractivity contribution in [2.75, 3.05) is 25.1 Å². The Hall–Kier alpha value is -3.52. The number of amides is 1. The van der Waals surface area contributed by atoms with Crippen LogP contribution in [0.3, 0.4) is 0 Å². The number of ether oxygens (including phenoxy) is 2. The van der Waals surface area contributed by atoms with Crippen LogP contribution >= 0.6 is 11.9 Å². The highest BCUT2D eigenvalue weighted by Crippen LogP contribution is 2.35. The molecule has 0 aromatic heterocycles. The fraction of sp³-hybridized carbons (Fsp3) is 0.240. The summed E-state index contributed by atoms with van der Waals surface area (Å²) in [6, 6.07) is 15.6. The van der Waals surface area contributed by atoms with Gasteiger partial charge in [-0.2, -0.15) is 0 Å². The average Bonchev–Trinajstić information content (AvgIpc) is 3.08. The Bertz CT molecular complexity index is 1020. The molecule has 1 amide bonds. The van der Waals surface area contributed by atoms with Gasteiger partial charge in [-0.25, -0.2) is 0 Å². The summed E-state index contributed by atoms with van der Waals surface area (Å²) in [5.41, 5.74) is 2.36. The second kappa shape index (κ2) is 13.8. The number of para-hydroxylation sites is 2. The highest BCUT2D eigenvalue weighted by atomic mass is 32.2. The molecule has 174 valence electrons. The quantitative estimate of drug-likeness (QED) is 0.317. The number of nitrogens with one attached hydrogen (secondary N) is 1. The smallest absolute Gasteiger partial charge is 0.211 e. The Kier molecular flexibility index (Phi) is 10.8. The van der Waals surface area contributed by atoms with Crippen molar-refractivity contribution in [3.8, 4) is 5.75 Å². The lowest BCUT2D eigenvalue weighted by atomic mass is 10.2. The molecule has 0 aliphatic carbocycles. The first-order valence-corrected chi connectivity index (χ1v) is 11.2. The average molecular weight is 468 g/mol. The maximum atomic E-state index is 11.3. The van der Waals surface area contributed by atoms with E-state index in [2.05, 4.69) is 21.5 Å². The minimum Gasteiger partial charge on any atom is -0.495 e. The molecule has 2 aromatic carbocycles. The first kappa shape index (κ1) is 25.7. The van der Waals surface area contributed by atoms with Crippen LogP contribution in [0.4, 0.5) is 5.69 Å². The maximum absolute atomic E-state index is 11.3. The van der Waals surface area contributed by atoms with E-state index in [0.29, 0.717) is 24.3 Å². The van der Waals surface area contributed by atoms with E-state index in [-0.39, 0.29) is 5.78 Å². The number of nitrogens with zero attached hydrogens (tertiary/aromatic N) is 2. The predicted molar refractivity (Wildman–Crippen MR) is 134 cm³/mol. The number of ketones is 1. The zero-order valence-electron chi connectivity index (χ0n) is 19.3. The monoisotopic (exact) mass is 467 g/mol. The molecule has 33 heavy (non-hydrogen) atoms. The molecule has 7 nitrogen and oxygen atoms in total. The summed E-state index contributed by atoms with van der Waals surface area (Å²) in [4.78, 5) is 26.5. The van der Waals surface area contributed by atoms with E-state index in [1.807, 2.05) is 54.6 Å². The lowest BCUT2D eigenvalue weighted by Gasteiger charge is -2.23. The van der Waals surface area contributed by atoms with Crippen molar-refractivity contribution in [1.82, 2.24) is 5.32 Å². The van der Waals surface area contributed by atoms with Gasteiger partial charge in [0.15, 0.2) is 5.78 Å². The van der Waals surface area contributed by atoms with Gasteiger partial charge >= 0.3 is 0 Å². The summed E-state index contributed by atoms with van der Waals surface area (Å²) < 4.78 is 12.6. The molecule has 1 aliphatic rings. The molecule has 1 aliphatic heterocycles. The standard InChI is InChI=1S/C17H19NO2S.C8H10N2O2/c1-4-18(16-7-5-6-8-17(16)20-3)21-15-11-9-14(10-12-15)13(2)19;1-12-8-3-2-4-9-5-7(8)10-6-11/h5-12H,4H2,1-3H3;3-6H,2H2,1H3,(H,10,11). The normalized spacial score (nSPS) is 12.2. The lowest BCUT2D eigenvalue weighted by Crippen LogP contribution is -2.14. The molecule has 8 heteroatoms. The van der Waals surface area contributed by atoms with Crippen LogP contribution in [0.25, 0.3) is 0 Å². The van der Waals surface area contributed by atoms with Crippen molar-refractivity contribution in [2.24, 2.45) is 4.99 Å². The van der Waals surface area contributed by atoms with Gasteiger partial charge < -0.3 is 19.1 Å². The van der Waals surface area contributed by atoms with Crippen molar-refractivity contribution in [3.05, 3.63) is 77.8 Å². The Morgan fingerprint density at radius 3 is 2.48 bits per heavy atom. The molecule has 0 fully saturated rings. The summed E-state index contributed by atoms with van der Waals surface area (Å²) in [6.45, 7) is 4.53. The number of hydrogen-bond acceptors (Lipinski definition) is 7. The minimum absolute atomic E-state index is 0.0867. The third kappa shape index (κ3) is 7.84. The number of methoxy groups -OCH3 is 2. The van der Waals surface area contributed by atoms with E-state index >= 15 is 0 Å². The Morgan fingerprint density at radius 1 is 1.15 bits per heavy atom. The van der Waals surface area contributed by atoms with Crippen molar-refractivity contribution < 1.29 is 19.1 Å². The van der Waals surface area contributed by atoms with Crippen LogP contribution in [0, 0.1) is 0 Å². The molecule has 3 rings (SSSR count). The van der Waals surface area contributed by atoms with Crippen LogP contribution in [0.5, 0.6) is 5.75 Å². The molecule has 2 aromatic rings. The van der Waals surface area contributed by atoms with Gasteiger partial charge in [-0.1, -0.05) is 24.3 Å². The predicted octanol–water partition coefficient (Wildman–Crippen LogP) is 5.01. The van der Waals surface area contributed by atoms with E-state index in [4.69, 9.17) is 9.47 Å². The van der Waals surface area contributed by atoms with Gasteiger partial charge in [0.1, 0.15) is 17.2 Å². The van der Waals surface area contributed by atoms with Gasteiger partial charge in [0.2, 0.25) is 6.41 Å². The number of Topliss-reactive ketones (excluding diaryl/α,β-unsaturated/α-hetero) is 1. The summed E-state index contributed by atoms with van der Waals surface area (Å²) in [7, 11) is 3.23. The molecule has 0 bridgehead atoms. The number of carbonyl (C=O) groups is 2. The van der Waals surface area contributed by atoms with E-state index < -0.39 is 0 Å². The van der Waals surface area contributed by atoms with Crippen molar-refractivity contribution in [3.63, 3.8) is 0 Å². The summed E-state index contributed by atoms with van der Waals surface area (Å²) >= 11 is 1.63. The van der Waals surface area contributed by atoms with Crippen LogP contribution in [0.15, 0.2) is 82.2 Å². The molecule has 0 atom stereocenters. The topological polar surface area (TPSA) is 80.2 Å². The Labute approximate surface area is 199 Å². The third-order valence-corrected chi connectivity index (χ3v) is 5.69. The lowest BCUT2D eigenvalue weighted by molar-refractivity contribution is -0.109. The van der Waals surface area contributed by atoms with E-state index in [1.165, 1.54) is 0 Å². The second-order valence-corrected chi connectivity index (χ2v) is 7.78. The van der Waals surface area contributed by atoms with Gasteiger partial charge in [0.25, 0.3) is 0 Å². The Balaban J connectivity index is 0.000000273. The minimum atomic E-state index is 0.0867. The molecule has 0 radical (unpaired) electrons. The molecule has 1 N–H and O–H groups in total. The van der Waals surface area contributed by atoms with Gasteiger partial charge in [0, 0.05) is 29.6 Å². The van der Waals surface area contributed by atoms with Crippen LogP contribution < -0.4 is 14.4 Å². The zero-order valence-corrected chi connectivity index (χ0v) is 20.1. The number of carbonyl (C=O) groups excluding carboxylic acids is 2. The SMILES string of the molecule is CCN(Sc1ccc(C(C)=O)cc1)c1ccccc1OC.COC1=CCC=NC=C1NC=O. The van der Waals surface area contributed by atoms with Crippen LogP contribution in [-0.2, 0) is 9.53 Å². The van der Waals surface area contributed by atoms with Gasteiger partial charge in [-0.05, 0) is 56.1 Å². The van der Waals surface area contributed by atoms with Crippen LogP contribution in [-0.4, -0.2) is 39.2 Å². The first-order chi connectivity index (χ1) is 16.0. The molecule has 0 saturated heterocycles. The molecule has 0 saturated carbocycles. The number of anilines is 1. The number of rotatable bonds is 9. The van der Waals surface area contributed by atoms with Gasteiger partial charge in [0.05, 0.1) is 26.1 Å². The number of aliphatic imine (C=N–C) groups is 1. The highest BCUT2D eigenvalue weighted by Gasteiger charge is 2.12. The van der Waals surface area contributed by atoms with E-state index in [9.17, 15) is 9.59 Å². The number of allylic oxidation sites excluding steroid dienone is 1. The van der Waals surface area contributed by atoms with E-state index in [1.54, 1.807) is 45.5 Å². The fourth-order valence-corrected chi connectivity index (χ4v) is 3.77. The zero-order chi connectivity index (χ0) is 24.1. The number of benzene rings is 2. The van der Waals surface area contributed by atoms with Crippen molar-refractivity contribution in [1.29, 1.82) is 0 Å². The molecular weight excluding hydrogens is 438 g/mol.